The minimum atomic E-state index is -3.82. The Morgan fingerprint density at radius 1 is 1.03 bits per heavy atom. The first-order valence-electron chi connectivity index (χ1n) is 12.1. The van der Waals surface area contributed by atoms with Crippen molar-refractivity contribution in [2.75, 3.05) is 23.6 Å². The average molecular weight is 490 g/mol. The number of aryl methyl sites for hydroxylation is 1. The molecule has 8 heteroatoms. The van der Waals surface area contributed by atoms with E-state index in [1.807, 2.05) is 12.1 Å². The van der Waals surface area contributed by atoms with Crippen molar-refractivity contribution in [3.63, 3.8) is 0 Å². The van der Waals surface area contributed by atoms with E-state index < -0.39 is 10.2 Å². The first kappa shape index (κ1) is 27.7. The number of carbonyl (C=O) groups is 1. The molecule has 3 N–H and O–H groups in total. The number of hydrogen-bond donors (Lipinski definition) is 2. The summed E-state index contributed by atoms with van der Waals surface area (Å²) in [5.74, 6) is 0.465. The number of carbonyl (C=O) groups excluding carboxylic acids is 1. The number of nitrogen functional groups attached to an aromatic ring is 1. The molecule has 0 saturated carbocycles. The van der Waals surface area contributed by atoms with E-state index in [9.17, 15) is 13.2 Å². The fourth-order valence-electron chi connectivity index (χ4n) is 3.70. The zero-order valence-electron chi connectivity index (χ0n) is 21.1. The smallest absolute Gasteiger partial charge is 0.301 e. The van der Waals surface area contributed by atoms with Gasteiger partial charge >= 0.3 is 10.2 Å². The van der Waals surface area contributed by atoms with Crippen LogP contribution in [-0.2, 0) is 16.6 Å². The number of ketones is 1. The molecule has 7 nitrogen and oxygen atoms in total. The molecular formula is C26H39N3O4S. The summed E-state index contributed by atoms with van der Waals surface area (Å²) >= 11 is 0. The molecule has 188 valence electrons. The number of nitrogens with zero attached hydrogens (tertiary/aromatic N) is 1. The first-order valence-corrected chi connectivity index (χ1v) is 13.6. The molecule has 0 atom stereocenters. The Kier molecular flexibility index (Phi) is 10.4. The second-order valence-corrected chi connectivity index (χ2v) is 10.3. The van der Waals surface area contributed by atoms with Crippen molar-refractivity contribution in [2.45, 2.75) is 72.8 Å². The van der Waals surface area contributed by atoms with E-state index in [1.165, 1.54) is 10.4 Å². The molecule has 34 heavy (non-hydrogen) atoms. The maximum absolute atomic E-state index is 13.4. The van der Waals surface area contributed by atoms with E-state index in [0.717, 1.165) is 37.7 Å². The molecule has 0 aromatic heterocycles. The highest BCUT2D eigenvalue weighted by Crippen LogP contribution is 2.26. The number of anilines is 2. The van der Waals surface area contributed by atoms with Gasteiger partial charge in [-0.3, -0.25) is 9.52 Å². The van der Waals surface area contributed by atoms with Gasteiger partial charge in [0.15, 0.2) is 5.78 Å². The third-order valence-electron chi connectivity index (χ3n) is 5.56. The van der Waals surface area contributed by atoms with Crippen LogP contribution in [0.3, 0.4) is 0 Å². The van der Waals surface area contributed by atoms with Crippen LogP contribution in [0.5, 0.6) is 5.75 Å². The van der Waals surface area contributed by atoms with Gasteiger partial charge in [-0.05, 0) is 75.1 Å². The number of rotatable bonds is 14. The Hall–Kier alpha value is -2.58. The fourth-order valence-corrected chi connectivity index (χ4v) is 5.16. The largest absolute Gasteiger partial charge is 0.494 e. The summed E-state index contributed by atoms with van der Waals surface area (Å²) in [6, 6.07) is 10.1. The first-order chi connectivity index (χ1) is 16.1. The van der Waals surface area contributed by atoms with Crippen molar-refractivity contribution in [3.05, 3.63) is 53.1 Å². The lowest BCUT2D eigenvalue weighted by Crippen LogP contribution is -2.40. The third-order valence-corrected chi connectivity index (χ3v) is 7.34. The Balaban J connectivity index is 2.39. The van der Waals surface area contributed by atoms with E-state index in [1.54, 1.807) is 39.0 Å². The molecule has 0 unspecified atom stereocenters. The Morgan fingerprint density at radius 3 is 2.35 bits per heavy atom. The summed E-state index contributed by atoms with van der Waals surface area (Å²) in [6.07, 6.45) is 4.89. The molecule has 2 aromatic carbocycles. The second kappa shape index (κ2) is 12.8. The van der Waals surface area contributed by atoms with Crippen molar-refractivity contribution in [3.8, 4) is 5.75 Å². The molecule has 0 fully saturated rings. The van der Waals surface area contributed by atoms with Crippen molar-refractivity contribution in [2.24, 2.45) is 0 Å². The lowest BCUT2D eigenvalue weighted by Gasteiger charge is -2.25. The van der Waals surface area contributed by atoms with Crippen LogP contribution in [0.1, 0.15) is 81.8 Å². The number of hydrogen-bond acceptors (Lipinski definition) is 5. The highest BCUT2D eigenvalue weighted by Gasteiger charge is 2.24. The van der Waals surface area contributed by atoms with Crippen LogP contribution in [0.15, 0.2) is 36.4 Å². The monoisotopic (exact) mass is 489 g/mol. The lowest BCUT2D eigenvalue weighted by molar-refractivity contribution is 0.103. The molecule has 0 radical (unpaired) electrons. The van der Waals surface area contributed by atoms with Crippen molar-refractivity contribution in [1.82, 2.24) is 4.31 Å². The molecule has 0 saturated heterocycles. The van der Waals surface area contributed by atoms with E-state index in [2.05, 4.69) is 18.6 Å². The summed E-state index contributed by atoms with van der Waals surface area (Å²) in [6.45, 7) is 10.5. The topological polar surface area (TPSA) is 102 Å². The molecule has 2 rings (SSSR count). The van der Waals surface area contributed by atoms with Crippen molar-refractivity contribution < 1.29 is 17.9 Å². The van der Waals surface area contributed by atoms with E-state index in [0.29, 0.717) is 30.0 Å². The van der Waals surface area contributed by atoms with Crippen molar-refractivity contribution in [1.29, 1.82) is 0 Å². The number of ether oxygens (including phenoxy) is 1. The van der Waals surface area contributed by atoms with Gasteiger partial charge in [0.05, 0.1) is 18.0 Å². The van der Waals surface area contributed by atoms with Crippen LogP contribution in [0, 0.1) is 0 Å². The van der Waals surface area contributed by atoms with E-state index >= 15 is 0 Å². The standard InChI is InChI=1S/C26H39N3O4S/c1-6-9-11-20-15-22(17-23(16-20)33-14-10-7-2)26(30)21-12-13-24(27)25(18-21)28-34(31,32)29(8-3)19(4)5/h12-13,15-19,28H,6-11,14,27H2,1-5H3. The zero-order valence-corrected chi connectivity index (χ0v) is 21.9. The highest BCUT2D eigenvalue weighted by atomic mass is 32.2. The lowest BCUT2D eigenvalue weighted by atomic mass is 9.98. The third kappa shape index (κ3) is 7.46. The fraction of sp³-hybridized carbons (Fsp3) is 0.500. The van der Waals surface area contributed by atoms with Gasteiger partial charge in [-0.2, -0.15) is 12.7 Å². The summed E-state index contributed by atoms with van der Waals surface area (Å²) in [5, 5.41) is 0. The number of unbranched alkanes of at least 4 members (excludes halogenated alkanes) is 2. The number of nitrogens with two attached hydrogens (primary N) is 1. The number of nitrogens with one attached hydrogen (secondary N) is 1. The number of benzene rings is 2. The molecular weight excluding hydrogens is 450 g/mol. The highest BCUT2D eigenvalue weighted by molar-refractivity contribution is 7.90. The van der Waals surface area contributed by atoms with Gasteiger partial charge in [-0.15, -0.1) is 0 Å². The van der Waals surface area contributed by atoms with Crippen LogP contribution in [0.4, 0.5) is 11.4 Å². The molecule has 0 heterocycles. The van der Waals surface area contributed by atoms with Crippen LogP contribution >= 0.6 is 0 Å². The minimum absolute atomic E-state index is 0.187. The molecule has 0 spiro atoms. The van der Waals surface area contributed by atoms with Gasteiger partial charge in [-0.1, -0.05) is 33.6 Å². The van der Waals surface area contributed by atoms with Crippen LogP contribution in [-0.4, -0.2) is 37.7 Å². The molecule has 0 amide bonds. The van der Waals surface area contributed by atoms with Gasteiger partial charge in [-0.25, -0.2) is 0 Å². The Bertz CT molecular complexity index is 1070. The van der Waals surface area contributed by atoms with Crippen molar-refractivity contribution >= 4 is 27.4 Å². The van der Waals surface area contributed by atoms with Gasteiger partial charge < -0.3 is 10.5 Å². The van der Waals surface area contributed by atoms with Gasteiger partial charge in [0.25, 0.3) is 0 Å². The van der Waals surface area contributed by atoms with Crippen LogP contribution in [0.25, 0.3) is 0 Å². The van der Waals surface area contributed by atoms with E-state index in [4.69, 9.17) is 10.5 Å². The molecule has 0 aliphatic heterocycles. The zero-order chi connectivity index (χ0) is 25.3. The SMILES string of the molecule is CCCCOc1cc(CCCC)cc(C(=O)c2ccc(N)c(NS(=O)(=O)N(CC)C(C)C)c2)c1. The summed E-state index contributed by atoms with van der Waals surface area (Å²) < 4.78 is 35.5. The normalized spacial score (nSPS) is 11.7. The predicted octanol–water partition coefficient (Wildman–Crippen LogP) is 5.41. The Morgan fingerprint density at radius 2 is 1.74 bits per heavy atom. The summed E-state index contributed by atoms with van der Waals surface area (Å²) in [5.41, 5.74) is 8.40. The van der Waals surface area contributed by atoms with Crippen LogP contribution in [0.2, 0.25) is 0 Å². The Labute approximate surface area is 204 Å². The predicted molar refractivity (Wildman–Crippen MR) is 140 cm³/mol. The summed E-state index contributed by atoms with van der Waals surface area (Å²) in [4.78, 5) is 13.4. The quantitative estimate of drug-likeness (QED) is 0.210. The van der Waals surface area contributed by atoms with Crippen LogP contribution < -0.4 is 15.2 Å². The van der Waals surface area contributed by atoms with Gasteiger partial charge in [0.1, 0.15) is 5.75 Å². The maximum Gasteiger partial charge on any atom is 0.301 e. The summed E-state index contributed by atoms with van der Waals surface area (Å²) in [7, 11) is -3.82. The van der Waals surface area contributed by atoms with Gasteiger partial charge in [0, 0.05) is 23.7 Å². The van der Waals surface area contributed by atoms with E-state index in [-0.39, 0.29) is 23.2 Å². The minimum Gasteiger partial charge on any atom is -0.494 e. The molecule has 0 aliphatic rings. The molecule has 0 bridgehead atoms. The second-order valence-electron chi connectivity index (χ2n) is 8.71. The van der Waals surface area contributed by atoms with Gasteiger partial charge in [0.2, 0.25) is 0 Å². The molecule has 0 aliphatic carbocycles. The molecule has 2 aromatic rings. The average Bonchev–Trinajstić information content (AvgIpc) is 2.78. The maximum atomic E-state index is 13.4.